The quantitative estimate of drug-likeness (QED) is 0.839. The third-order valence-electron chi connectivity index (χ3n) is 3.90. The lowest BCUT2D eigenvalue weighted by molar-refractivity contribution is -0.0613. The minimum Gasteiger partial charge on any atom is -0.374 e. The van der Waals surface area contributed by atoms with Crippen molar-refractivity contribution in [3.05, 3.63) is 35.1 Å². The molecule has 1 aliphatic heterocycles. The zero-order valence-electron chi connectivity index (χ0n) is 12.7. The molecule has 0 aromatic heterocycles. The van der Waals surface area contributed by atoms with Gasteiger partial charge in [0.15, 0.2) is 0 Å². The average Bonchev–Trinajstić information content (AvgIpc) is 2.43. The lowest BCUT2D eigenvalue weighted by Gasteiger charge is -2.39. The van der Waals surface area contributed by atoms with Gasteiger partial charge in [-0.25, -0.2) is 4.39 Å². The van der Waals surface area contributed by atoms with E-state index < -0.39 is 0 Å². The van der Waals surface area contributed by atoms with Gasteiger partial charge in [0.2, 0.25) is 0 Å². The number of morpholine rings is 1. The first-order valence-electron chi connectivity index (χ1n) is 7.42. The SMILES string of the molecule is CCCNCC1OCCN(C)C1c1ccc(F)c(C)c1. The number of nitrogens with one attached hydrogen (secondary N) is 1. The predicted octanol–water partition coefficient (Wildman–Crippen LogP) is 2.51. The molecule has 112 valence electrons. The second-order valence-electron chi connectivity index (χ2n) is 5.55. The summed E-state index contributed by atoms with van der Waals surface area (Å²) >= 11 is 0. The minimum absolute atomic E-state index is 0.116. The molecule has 0 spiro atoms. The number of nitrogens with zero attached hydrogens (tertiary/aromatic N) is 1. The van der Waals surface area contributed by atoms with Gasteiger partial charge in [0, 0.05) is 13.1 Å². The molecule has 1 N–H and O–H groups in total. The van der Waals surface area contributed by atoms with Crippen molar-refractivity contribution in [1.82, 2.24) is 10.2 Å². The normalized spacial score (nSPS) is 24.0. The molecular weight excluding hydrogens is 255 g/mol. The summed E-state index contributed by atoms with van der Waals surface area (Å²) in [5.41, 5.74) is 1.83. The van der Waals surface area contributed by atoms with Crippen LogP contribution in [-0.2, 0) is 4.74 Å². The van der Waals surface area contributed by atoms with Crippen LogP contribution in [0.5, 0.6) is 0 Å². The van der Waals surface area contributed by atoms with Crippen molar-refractivity contribution in [3.8, 4) is 0 Å². The highest BCUT2D eigenvalue weighted by atomic mass is 19.1. The highest BCUT2D eigenvalue weighted by molar-refractivity contribution is 5.27. The average molecular weight is 280 g/mol. The zero-order valence-corrected chi connectivity index (χ0v) is 12.7. The molecule has 4 heteroatoms. The van der Waals surface area contributed by atoms with E-state index in [1.807, 2.05) is 19.1 Å². The topological polar surface area (TPSA) is 24.5 Å². The number of benzene rings is 1. The third kappa shape index (κ3) is 3.57. The molecule has 0 amide bonds. The monoisotopic (exact) mass is 280 g/mol. The second-order valence-corrected chi connectivity index (χ2v) is 5.55. The summed E-state index contributed by atoms with van der Waals surface area (Å²) in [5, 5.41) is 3.43. The van der Waals surface area contributed by atoms with Gasteiger partial charge in [0.05, 0.1) is 18.8 Å². The summed E-state index contributed by atoms with van der Waals surface area (Å²) in [6.07, 6.45) is 1.23. The van der Waals surface area contributed by atoms with Gasteiger partial charge >= 0.3 is 0 Å². The van der Waals surface area contributed by atoms with Gasteiger partial charge in [0.25, 0.3) is 0 Å². The largest absolute Gasteiger partial charge is 0.374 e. The van der Waals surface area contributed by atoms with Crippen molar-refractivity contribution in [2.45, 2.75) is 32.4 Å². The number of rotatable bonds is 5. The van der Waals surface area contributed by atoms with Crippen LogP contribution in [0.4, 0.5) is 4.39 Å². The van der Waals surface area contributed by atoms with Crippen LogP contribution in [0, 0.1) is 12.7 Å². The fraction of sp³-hybridized carbons (Fsp3) is 0.625. The summed E-state index contributed by atoms with van der Waals surface area (Å²) in [6.45, 7) is 7.46. The Balaban J connectivity index is 2.15. The number of hydrogen-bond donors (Lipinski definition) is 1. The van der Waals surface area contributed by atoms with Crippen LogP contribution in [0.25, 0.3) is 0 Å². The maximum absolute atomic E-state index is 13.5. The van der Waals surface area contributed by atoms with Crippen LogP contribution in [0.15, 0.2) is 18.2 Å². The molecule has 20 heavy (non-hydrogen) atoms. The molecule has 1 aliphatic rings. The molecule has 2 unspecified atom stereocenters. The van der Waals surface area contributed by atoms with Crippen LogP contribution in [0.3, 0.4) is 0 Å². The first-order valence-corrected chi connectivity index (χ1v) is 7.42. The van der Waals surface area contributed by atoms with E-state index in [2.05, 4.69) is 24.2 Å². The Kier molecular flexibility index (Phi) is 5.52. The van der Waals surface area contributed by atoms with Gasteiger partial charge in [0.1, 0.15) is 5.82 Å². The third-order valence-corrected chi connectivity index (χ3v) is 3.90. The smallest absolute Gasteiger partial charge is 0.126 e. The van der Waals surface area contributed by atoms with Gasteiger partial charge in [-0.2, -0.15) is 0 Å². The predicted molar refractivity (Wildman–Crippen MR) is 79.4 cm³/mol. The highest BCUT2D eigenvalue weighted by Gasteiger charge is 2.31. The zero-order chi connectivity index (χ0) is 14.5. The van der Waals surface area contributed by atoms with Crippen molar-refractivity contribution in [2.75, 3.05) is 33.3 Å². The van der Waals surface area contributed by atoms with Crippen LogP contribution in [0.2, 0.25) is 0 Å². The highest BCUT2D eigenvalue weighted by Crippen LogP contribution is 2.29. The summed E-state index contributed by atoms with van der Waals surface area (Å²) < 4.78 is 19.4. The minimum atomic E-state index is -0.145. The van der Waals surface area contributed by atoms with Gasteiger partial charge in [-0.05, 0) is 44.1 Å². The Morgan fingerprint density at radius 3 is 2.95 bits per heavy atom. The van der Waals surface area contributed by atoms with Crippen molar-refractivity contribution in [3.63, 3.8) is 0 Å². The van der Waals surface area contributed by atoms with E-state index in [0.717, 1.165) is 38.2 Å². The first-order chi connectivity index (χ1) is 9.63. The Bertz CT molecular complexity index is 438. The number of aryl methyl sites for hydroxylation is 1. The van der Waals surface area contributed by atoms with E-state index in [0.29, 0.717) is 5.56 Å². The molecule has 1 fully saturated rings. The Morgan fingerprint density at radius 2 is 2.25 bits per heavy atom. The van der Waals surface area contributed by atoms with Crippen molar-refractivity contribution in [1.29, 1.82) is 0 Å². The van der Waals surface area contributed by atoms with Crippen LogP contribution < -0.4 is 5.32 Å². The number of halogens is 1. The molecule has 0 radical (unpaired) electrons. The van der Waals surface area contributed by atoms with Crippen molar-refractivity contribution >= 4 is 0 Å². The summed E-state index contributed by atoms with van der Waals surface area (Å²) in [6, 6.07) is 5.57. The Hall–Kier alpha value is -0.970. The molecule has 3 nitrogen and oxygen atoms in total. The standard InChI is InChI=1S/C16H25FN2O/c1-4-7-18-11-15-16(19(3)8-9-20-15)13-5-6-14(17)12(2)10-13/h5-6,10,15-16,18H,4,7-9,11H2,1-3H3. The molecule has 0 bridgehead atoms. The lowest BCUT2D eigenvalue weighted by atomic mass is 9.96. The van der Waals surface area contributed by atoms with E-state index in [4.69, 9.17) is 4.74 Å². The van der Waals surface area contributed by atoms with Crippen LogP contribution in [-0.4, -0.2) is 44.3 Å². The van der Waals surface area contributed by atoms with Gasteiger partial charge < -0.3 is 10.1 Å². The fourth-order valence-electron chi connectivity index (χ4n) is 2.77. The maximum atomic E-state index is 13.5. The van der Waals surface area contributed by atoms with Crippen LogP contribution in [0.1, 0.15) is 30.5 Å². The second kappa shape index (κ2) is 7.16. The number of ether oxygens (including phenoxy) is 1. The lowest BCUT2D eigenvalue weighted by Crippen LogP contribution is -2.47. The van der Waals surface area contributed by atoms with E-state index in [-0.39, 0.29) is 18.0 Å². The maximum Gasteiger partial charge on any atom is 0.126 e. The molecule has 1 saturated heterocycles. The van der Waals surface area contributed by atoms with Gasteiger partial charge in [-0.1, -0.05) is 19.1 Å². The van der Waals surface area contributed by atoms with Crippen molar-refractivity contribution in [2.24, 2.45) is 0 Å². The van der Waals surface area contributed by atoms with E-state index in [1.54, 1.807) is 6.07 Å². The molecule has 0 saturated carbocycles. The number of likely N-dealkylation sites (N-methyl/N-ethyl adjacent to an activating group) is 1. The fourth-order valence-corrected chi connectivity index (χ4v) is 2.77. The van der Waals surface area contributed by atoms with Gasteiger partial charge in [-0.3, -0.25) is 4.90 Å². The molecule has 2 rings (SSSR count). The van der Waals surface area contributed by atoms with Crippen LogP contribution >= 0.6 is 0 Å². The van der Waals surface area contributed by atoms with E-state index >= 15 is 0 Å². The molecule has 1 heterocycles. The molecular formula is C16H25FN2O. The van der Waals surface area contributed by atoms with E-state index in [1.165, 1.54) is 0 Å². The Morgan fingerprint density at radius 1 is 1.45 bits per heavy atom. The van der Waals surface area contributed by atoms with Gasteiger partial charge in [-0.15, -0.1) is 0 Å². The molecule has 2 atom stereocenters. The summed E-state index contributed by atoms with van der Waals surface area (Å²) in [4.78, 5) is 2.30. The molecule has 0 aliphatic carbocycles. The van der Waals surface area contributed by atoms with E-state index in [9.17, 15) is 4.39 Å². The summed E-state index contributed by atoms with van der Waals surface area (Å²) in [5.74, 6) is -0.145. The summed E-state index contributed by atoms with van der Waals surface area (Å²) in [7, 11) is 2.11. The molecule has 1 aromatic carbocycles. The Labute approximate surface area is 121 Å². The van der Waals surface area contributed by atoms with Crippen molar-refractivity contribution < 1.29 is 9.13 Å². The molecule has 1 aromatic rings. The number of hydrogen-bond acceptors (Lipinski definition) is 3. The first kappa shape index (κ1) is 15.4.